The molecule has 7 heteroatoms. The van der Waals surface area contributed by atoms with Crippen LogP contribution in [0.4, 0.5) is 5.82 Å². The smallest absolute Gasteiger partial charge is 0.248 e. The maximum absolute atomic E-state index is 12.9. The number of nitrogens with two attached hydrogens (primary N) is 1. The molecule has 3 rings (SSSR count). The molecule has 2 aliphatic rings. The Kier molecular flexibility index (Phi) is 3.96. The van der Waals surface area contributed by atoms with Gasteiger partial charge < -0.3 is 5.73 Å². The second kappa shape index (κ2) is 5.61. The van der Waals surface area contributed by atoms with Gasteiger partial charge in [0.2, 0.25) is 10.0 Å². The van der Waals surface area contributed by atoms with Crippen molar-refractivity contribution < 1.29 is 8.42 Å². The lowest BCUT2D eigenvalue weighted by atomic mass is 9.89. The van der Waals surface area contributed by atoms with Gasteiger partial charge in [-0.25, -0.2) is 8.42 Å². The monoisotopic (exact) mass is 312 g/mol. The van der Waals surface area contributed by atoms with Crippen molar-refractivity contribution in [3.8, 4) is 0 Å². The van der Waals surface area contributed by atoms with Gasteiger partial charge in [-0.15, -0.1) is 0 Å². The predicted molar refractivity (Wildman–Crippen MR) is 81.1 cm³/mol. The molecule has 0 atom stereocenters. The highest BCUT2D eigenvalue weighted by atomic mass is 32.2. The average Bonchev–Trinajstić information content (AvgIpc) is 3.21. The molecular weight excluding hydrogens is 288 g/mol. The van der Waals surface area contributed by atoms with Crippen LogP contribution in [-0.2, 0) is 17.1 Å². The van der Waals surface area contributed by atoms with Crippen molar-refractivity contribution in [3.63, 3.8) is 0 Å². The van der Waals surface area contributed by atoms with E-state index in [1.54, 1.807) is 11.4 Å². The first-order chi connectivity index (χ1) is 9.98. The number of hydrogen-bond donors (Lipinski definition) is 1. The van der Waals surface area contributed by atoms with Gasteiger partial charge in [-0.2, -0.15) is 9.40 Å². The Bertz CT molecular complexity index is 600. The standard InChI is InChI=1S/C14H24N4O2S/c1-17-10-13(14(15)16-17)21(19,20)18(12-7-8-12)9-11-5-3-2-4-6-11/h10-12H,2-9H2,1H3,(H2,15,16). The lowest BCUT2D eigenvalue weighted by Gasteiger charge is -2.29. The summed E-state index contributed by atoms with van der Waals surface area (Å²) in [5.41, 5.74) is 5.78. The highest BCUT2D eigenvalue weighted by molar-refractivity contribution is 7.89. The van der Waals surface area contributed by atoms with E-state index in [4.69, 9.17) is 5.73 Å². The zero-order valence-electron chi connectivity index (χ0n) is 12.5. The quantitative estimate of drug-likeness (QED) is 0.898. The van der Waals surface area contributed by atoms with Gasteiger partial charge in [0.05, 0.1) is 0 Å². The molecule has 2 saturated carbocycles. The first-order valence-corrected chi connectivity index (χ1v) is 9.23. The zero-order valence-corrected chi connectivity index (χ0v) is 13.3. The first-order valence-electron chi connectivity index (χ1n) is 7.79. The van der Waals surface area contributed by atoms with Crippen molar-refractivity contribution >= 4 is 15.8 Å². The Morgan fingerprint density at radius 2 is 1.95 bits per heavy atom. The summed E-state index contributed by atoms with van der Waals surface area (Å²) in [6.45, 7) is 0.640. The molecule has 1 aromatic rings. The molecule has 118 valence electrons. The second-order valence-electron chi connectivity index (χ2n) is 6.36. The van der Waals surface area contributed by atoms with Crippen molar-refractivity contribution in [1.29, 1.82) is 0 Å². The summed E-state index contributed by atoms with van der Waals surface area (Å²) in [6, 6.07) is 0.163. The topological polar surface area (TPSA) is 81.2 Å². The number of anilines is 1. The van der Waals surface area contributed by atoms with Crippen LogP contribution in [-0.4, -0.2) is 35.1 Å². The lowest BCUT2D eigenvalue weighted by Crippen LogP contribution is -2.37. The largest absolute Gasteiger partial charge is 0.381 e. The second-order valence-corrected chi connectivity index (χ2v) is 8.22. The minimum atomic E-state index is -3.52. The van der Waals surface area contributed by atoms with Crippen LogP contribution in [0.2, 0.25) is 0 Å². The fourth-order valence-electron chi connectivity index (χ4n) is 3.24. The highest BCUT2D eigenvalue weighted by Crippen LogP contribution is 2.36. The molecule has 0 spiro atoms. The van der Waals surface area contributed by atoms with E-state index in [0.29, 0.717) is 12.5 Å². The number of nitrogens with zero attached hydrogens (tertiary/aromatic N) is 3. The van der Waals surface area contributed by atoms with Gasteiger partial charge in [0.1, 0.15) is 4.90 Å². The van der Waals surface area contributed by atoms with E-state index in [0.717, 1.165) is 25.7 Å². The molecule has 1 aromatic heterocycles. The van der Waals surface area contributed by atoms with Crippen LogP contribution < -0.4 is 5.73 Å². The fourth-order valence-corrected chi connectivity index (χ4v) is 5.09. The summed E-state index contributed by atoms with van der Waals surface area (Å²) in [4.78, 5) is 0.160. The Morgan fingerprint density at radius 1 is 1.29 bits per heavy atom. The molecule has 0 aromatic carbocycles. The number of rotatable bonds is 5. The first kappa shape index (κ1) is 14.8. The van der Waals surface area contributed by atoms with Crippen LogP contribution in [0.25, 0.3) is 0 Å². The van der Waals surface area contributed by atoms with Gasteiger partial charge in [0.25, 0.3) is 0 Å². The normalized spacial score (nSPS) is 21.0. The Morgan fingerprint density at radius 3 is 2.48 bits per heavy atom. The lowest BCUT2D eigenvalue weighted by molar-refractivity contribution is 0.274. The van der Waals surface area contributed by atoms with Crippen LogP contribution >= 0.6 is 0 Å². The maximum Gasteiger partial charge on any atom is 0.248 e. The molecule has 0 bridgehead atoms. The summed E-state index contributed by atoms with van der Waals surface area (Å²) in [5.74, 6) is 0.596. The van der Waals surface area contributed by atoms with Crippen LogP contribution in [0.3, 0.4) is 0 Å². The van der Waals surface area contributed by atoms with Gasteiger partial charge in [0, 0.05) is 25.8 Å². The third-order valence-electron chi connectivity index (χ3n) is 4.53. The molecule has 2 fully saturated rings. The van der Waals surface area contributed by atoms with E-state index in [2.05, 4.69) is 5.10 Å². The van der Waals surface area contributed by atoms with E-state index < -0.39 is 10.0 Å². The molecular formula is C14H24N4O2S. The van der Waals surface area contributed by atoms with Crippen molar-refractivity contribution in [2.75, 3.05) is 12.3 Å². The van der Waals surface area contributed by atoms with Crippen LogP contribution in [0, 0.1) is 5.92 Å². The van der Waals surface area contributed by atoms with Crippen LogP contribution in [0.15, 0.2) is 11.1 Å². The van der Waals surface area contributed by atoms with Gasteiger partial charge in [0.15, 0.2) is 5.82 Å². The molecule has 0 unspecified atom stereocenters. The van der Waals surface area contributed by atoms with Gasteiger partial charge in [-0.3, -0.25) is 4.68 Å². The zero-order chi connectivity index (χ0) is 15.0. The summed E-state index contributed by atoms with van der Waals surface area (Å²) in [7, 11) is -1.83. The molecule has 0 aliphatic heterocycles. The SMILES string of the molecule is Cn1cc(S(=O)(=O)N(CC2CCCCC2)C2CC2)c(N)n1. The molecule has 1 heterocycles. The Balaban J connectivity index is 1.84. The molecule has 2 aliphatic carbocycles. The number of hydrogen-bond acceptors (Lipinski definition) is 4. The fraction of sp³-hybridized carbons (Fsp3) is 0.786. The summed E-state index contributed by atoms with van der Waals surface area (Å²) in [6.07, 6.45) is 9.44. The maximum atomic E-state index is 12.9. The third-order valence-corrected chi connectivity index (χ3v) is 6.46. The predicted octanol–water partition coefficient (Wildman–Crippen LogP) is 1.74. The minimum Gasteiger partial charge on any atom is -0.381 e. The van der Waals surface area contributed by atoms with Crippen LogP contribution in [0.5, 0.6) is 0 Å². The minimum absolute atomic E-state index is 0.104. The number of nitrogen functional groups attached to an aromatic ring is 1. The molecule has 0 saturated heterocycles. The van der Waals surface area contributed by atoms with Crippen molar-refractivity contribution in [1.82, 2.24) is 14.1 Å². The molecule has 0 amide bonds. The molecule has 21 heavy (non-hydrogen) atoms. The summed E-state index contributed by atoms with van der Waals surface area (Å²) in [5, 5.41) is 3.97. The number of sulfonamides is 1. The Labute approximate surface area is 126 Å². The molecule has 0 radical (unpaired) electrons. The molecule has 6 nitrogen and oxygen atoms in total. The average molecular weight is 312 g/mol. The highest BCUT2D eigenvalue weighted by Gasteiger charge is 2.40. The van der Waals surface area contributed by atoms with E-state index in [-0.39, 0.29) is 16.8 Å². The summed E-state index contributed by atoms with van der Waals surface area (Å²) < 4.78 is 29.0. The third kappa shape index (κ3) is 3.08. The van der Waals surface area contributed by atoms with E-state index in [1.165, 1.54) is 30.1 Å². The van der Waals surface area contributed by atoms with Crippen molar-refractivity contribution in [2.24, 2.45) is 13.0 Å². The van der Waals surface area contributed by atoms with Crippen molar-refractivity contribution in [2.45, 2.75) is 55.9 Å². The number of aromatic nitrogens is 2. The summed E-state index contributed by atoms with van der Waals surface area (Å²) >= 11 is 0. The van der Waals surface area contributed by atoms with E-state index in [9.17, 15) is 8.42 Å². The Hall–Kier alpha value is -1.08. The van der Waals surface area contributed by atoms with Gasteiger partial charge in [-0.1, -0.05) is 19.3 Å². The van der Waals surface area contributed by atoms with Gasteiger partial charge in [-0.05, 0) is 31.6 Å². The number of aryl methyl sites for hydroxylation is 1. The van der Waals surface area contributed by atoms with Crippen LogP contribution in [0.1, 0.15) is 44.9 Å². The van der Waals surface area contributed by atoms with Crippen molar-refractivity contribution in [3.05, 3.63) is 6.20 Å². The van der Waals surface area contributed by atoms with Gasteiger partial charge >= 0.3 is 0 Å². The van der Waals surface area contributed by atoms with E-state index in [1.807, 2.05) is 0 Å². The van der Waals surface area contributed by atoms with E-state index >= 15 is 0 Å². The molecule has 2 N–H and O–H groups in total.